The molecule has 0 spiro atoms. The Hall–Kier alpha value is -2.34. The maximum absolute atomic E-state index is 13.2. The van der Waals surface area contributed by atoms with Crippen LogP contribution in [0.1, 0.15) is 6.92 Å². The SMILES string of the molecule is C[C@@H](C(=O)Nc1cccc(F)c1)[C@H]1Sc2ccccc2NC1=O. The lowest BCUT2D eigenvalue weighted by atomic mass is 10.1. The summed E-state index contributed by atoms with van der Waals surface area (Å²) in [5, 5.41) is 4.94. The van der Waals surface area contributed by atoms with Crippen molar-refractivity contribution in [2.24, 2.45) is 5.92 Å². The number of nitrogens with one attached hydrogen (secondary N) is 2. The minimum absolute atomic E-state index is 0.199. The number of halogens is 1. The van der Waals surface area contributed by atoms with Gasteiger partial charge in [-0.3, -0.25) is 9.59 Å². The predicted octanol–water partition coefficient (Wildman–Crippen LogP) is 3.51. The first kappa shape index (κ1) is 15.6. The lowest BCUT2D eigenvalue weighted by Gasteiger charge is -2.27. The lowest BCUT2D eigenvalue weighted by Crippen LogP contribution is -2.39. The van der Waals surface area contributed by atoms with Crippen LogP contribution in [0.25, 0.3) is 0 Å². The fourth-order valence-corrected chi connectivity index (χ4v) is 3.53. The topological polar surface area (TPSA) is 58.2 Å². The second-order valence-corrected chi connectivity index (χ2v) is 6.50. The van der Waals surface area contributed by atoms with Crippen molar-refractivity contribution in [3.8, 4) is 0 Å². The van der Waals surface area contributed by atoms with Gasteiger partial charge in [0, 0.05) is 10.6 Å². The van der Waals surface area contributed by atoms with Gasteiger partial charge in [-0.1, -0.05) is 25.1 Å². The summed E-state index contributed by atoms with van der Waals surface area (Å²) >= 11 is 1.37. The van der Waals surface area contributed by atoms with Crippen LogP contribution in [-0.4, -0.2) is 17.1 Å². The van der Waals surface area contributed by atoms with Crippen molar-refractivity contribution in [1.29, 1.82) is 0 Å². The number of para-hydroxylation sites is 1. The Morgan fingerprint density at radius 2 is 2.04 bits per heavy atom. The first-order chi connectivity index (χ1) is 11.0. The quantitative estimate of drug-likeness (QED) is 0.905. The van der Waals surface area contributed by atoms with Crippen molar-refractivity contribution in [3.05, 3.63) is 54.3 Å². The largest absolute Gasteiger partial charge is 0.326 e. The predicted molar refractivity (Wildman–Crippen MR) is 88.9 cm³/mol. The summed E-state index contributed by atoms with van der Waals surface area (Å²) in [6.45, 7) is 1.69. The average molecular weight is 330 g/mol. The lowest BCUT2D eigenvalue weighted by molar-refractivity contribution is -0.123. The smallest absolute Gasteiger partial charge is 0.238 e. The van der Waals surface area contributed by atoms with E-state index in [4.69, 9.17) is 0 Å². The van der Waals surface area contributed by atoms with E-state index in [1.54, 1.807) is 13.0 Å². The number of carbonyl (C=O) groups excluding carboxylic acids is 2. The fourth-order valence-electron chi connectivity index (χ4n) is 2.36. The summed E-state index contributed by atoms with van der Waals surface area (Å²) in [6.07, 6.45) is 0. The number of fused-ring (bicyclic) bond motifs is 1. The van der Waals surface area contributed by atoms with E-state index in [2.05, 4.69) is 10.6 Å². The molecule has 6 heteroatoms. The molecule has 3 rings (SSSR count). The number of thioether (sulfide) groups is 1. The molecule has 1 aliphatic rings. The zero-order chi connectivity index (χ0) is 16.4. The zero-order valence-corrected chi connectivity index (χ0v) is 13.2. The minimum Gasteiger partial charge on any atom is -0.326 e. The van der Waals surface area contributed by atoms with Crippen LogP contribution in [-0.2, 0) is 9.59 Å². The Kier molecular flexibility index (Phi) is 4.34. The molecule has 0 saturated carbocycles. The fraction of sp³-hybridized carbons (Fsp3) is 0.176. The van der Waals surface area contributed by atoms with Gasteiger partial charge in [-0.2, -0.15) is 0 Å². The van der Waals surface area contributed by atoms with Crippen molar-refractivity contribution in [3.63, 3.8) is 0 Å². The Morgan fingerprint density at radius 1 is 1.26 bits per heavy atom. The van der Waals surface area contributed by atoms with Crippen molar-refractivity contribution in [2.75, 3.05) is 10.6 Å². The molecule has 0 aliphatic carbocycles. The normalized spacial score (nSPS) is 17.8. The second-order valence-electron chi connectivity index (χ2n) is 5.31. The van der Waals surface area contributed by atoms with Gasteiger partial charge in [-0.15, -0.1) is 11.8 Å². The molecular formula is C17H15FN2O2S. The van der Waals surface area contributed by atoms with Crippen LogP contribution in [0, 0.1) is 11.7 Å². The van der Waals surface area contributed by atoms with Gasteiger partial charge in [0.1, 0.15) is 5.82 Å². The van der Waals surface area contributed by atoms with Crippen LogP contribution in [0.2, 0.25) is 0 Å². The summed E-state index contributed by atoms with van der Waals surface area (Å²) in [6, 6.07) is 13.1. The molecule has 2 atom stereocenters. The van der Waals surface area contributed by atoms with Crippen LogP contribution in [0.4, 0.5) is 15.8 Å². The van der Waals surface area contributed by atoms with E-state index >= 15 is 0 Å². The number of hydrogen-bond donors (Lipinski definition) is 2. The molecule has 2 N–H and O–H groups in total. The molecule has 0 bridgehead atoms. The van der Waals surface area contributed by atoms with Crippen LogP contribution in [0.5, 0.6) is 0 Å². The number of amides is 2. The van der Waals surface area contributed by atoms with Gasteiger partial charge in [-0.05, 0) is 30.3 Å². The van der Waals surface area contributed by atoms with Gasteiger partial charge >= 0.3 is 0 Å². The highest BCUT2D eigenvalue weighted by Gasteiger charge is 2.35. The van der Waals surface area contributed by atoms with Crippen molar-refractivity contribution < 1.29 is 14.0 Å². The number of benzene rings is 2. The Morgan fingerprint density at radius 3 is 2.83 bits per heavy atom. The molecule has 2 aromatic rings. The molecule has 0 saturated heterocycles. The van der Waals surface area contributed by atoms with E-state index in [0.717, 1.165) is 10.6 Å². The molecule has 0 aromatic heterocycles. The molecule has 0 unspecified atom stereocenters. The van der Waals surface area contributed by atoms with E-state index < -0.39 is 17.0 Å². The van der Waals surface area contributed by atoms with E-state index in [0.29, 0.717) is 5.69 Å². The maximum Gasteiger partial charge on any atom is 0.238 e. The molecule has 2 aromatic carbocycles. The second kappa shape index (κ2) is 6.42. The van der Waals surface area contributed by atoms with Gasteiger partial charge in [0.25, 0.3) is 0 Å². The number of hydrogen-bond acceptors (Lipinski definition) is 3. The standard InChI is InChI=1S/C17H15FN2O2S/c1-10(16(21)19-12-6-4-5-11(18)9-12)15-17(22)20-13-7-2-3-8-14(13)23-15/h2-10,15H,1H3,(H,19,21)(H,20,22)/t10-,15-/m1/s1. The van der Waals surface area contributed by atoms with E-state index in [1.165, 1.54) is 30.0 Å². The molecule has 2 amide bonds. The van der Waals surface area contributed by atoms with Gasteiger partial charge in [0.2, 0.25) is 11.8 Å². The van der Waals surface area contributed by atoms with E-state index in [1.807, 2.05) is 24.3 Å². The van der Waals surface area contributed by atoms with Crippen molar-refractivity contribution in [1.82, 2.24) is 0 Å². The van der Waals surface area contributed by atoms with Crippen molar-refractivity contribution in [2.45, 2.75) is 17.1 Å². The van der Waals surface area contributed by atoms with Crippen LogP contribution in [0.3, 0.4) is 0 Å². The summed E-state index contributed by atoms with van der Waals surface area (Å²) < 4.78 is 13.2. The molecule has 0 fully saturated rings. The van der Waals surface area contributed by atoms with Gasteiger partial charge in [0.15, 0.2) is 0 Å². The van der Waals surface area contributed by atoms with Crippen molar-refractivity contribution >= 4 is 35.0 Å². The number of carbonyl (C=O) groups is 2. The first-order valence-corrected chi connectivity index (χ1v) is 8.05. The molecule has 0 radical (unpaired) electrons. The van der Waals surface area contributed by atoms with Gasteiger partial charge in [0.05, 0.1) is 16.9 Å². The zero-order valence-electron chi connectivity index (χ0n) is 12.4. The van der Waals surface area contributed by atoms with Crippen LogP contribution in [0.15, 0.2) is 53.4 Å². The minimum atomic E-state index is -0.559. The summed E-state index contributed by atoms with van der Waals surface area (Å²) in [5.74, 6) is -1.50. The summed E-state index contributed by atoms with van der Waals surface area (Å²) in [7, 11) is 0. The molecule has 118 valence electrons. The molecule has 23 heavy (non-hydrogen) atoms. The molecule has 4 nitrogen and oxygen atoms in total. The molecular weight excluding hydrogens is 315 g/mol. The third kappa shape index (κ3) is 3.37. The monoisotopic (exact) mass is 330 g/mol. The van der Waals surface area contributed by atoms with Crippen LogP contribution >= 0.6 is 11.8 Å². The molecule has 1 heterocycles. The third-order valence-electron chi connectivity index (χ3n) is 3.62. The first-order valence-electron chi connectivity index (χ1n) is 7.17. The van der Waals surface area contributed by atoms with Gasteiger partial charge < -0.3 is 10.6 Å². The van der Waals surface area contributed by atoms with E-state index in [9.17, 15) is 14.0 Å². The summed E-state index contributed by atoms with van der Waals surface area (Å²) in [5.41, 5.74) is 1.14. The Labute approximate surface area is 137 Å². The highest BCUT2D eigenvalue weighted by Crippen LogP contribution is 2.38. The maximum atomic E-state index is 13.2. The molecule has 1 aliphatic heterocycles. The van der Waals surface area contributed by atoms with Crippen LogP contribution < -0.4 is 10.6 Å². The average Bonchev–Trinajstić information content (AvgIpc) is 2.53. The summed E-state index contributed by atoms with van der Waals surface area (Å²) in [4.78, 5) is 25.5. The highest BCUT2D eigenvalue weighted by molar-refractivity contribution is 8.01. The Bertz CT molecular complexity index is 766. The highest BCUT2D eigenvalue weighted by atomic mass is 32.2. The number of rotatable bonds is 3. The third-order valence-corrected chi connectivity index (χ3v) is 5.10. The number of anilines is 2. The van der Waals surface area contributed by atoms with E-state index in [-0.39, 0.29) is 11.8 Å². The Balaban J connectivity index is 1.74. The van der Waals surface area contributed by atoms with Gasteiger partial charge in [-0.25, -0.2) is 4.39 Å².